The lowest BCUT2D eigenvalue weighted by atomic mass is 10.0. The second-order valence-corrected chi connectivity index (χ2v) is 8.46. The van der Waals surface area contributed by atoms with Crippen LogP contribution in [0, 0.1) is 12.8 Å². The molecule has 1 aromatic rings. The zero-order chi connectivity index (χ0) is 22.4. The molecule has 0 heterocycles. The maximum absolute atomic E-state index is 12.4. The van der Waals surface area contributed by atoms with Gasteiger partial charge in [0.25, 0.3) is 0 Å². The standard InChI is InChI=1S/C20H30ClN3O5/c1-11(2)17(24-19(28)29-20(4,5)6)18(27)22-9-16(26)23-15-8-14(21)13(10-25)7-12(15)3/h7-8,11,17,25H,9-10H2,1-6H3,(H,22,27)(H,23,26)(H,24,28). The number of halogens is 1. The van der Waals surface area contributed by atoms with Gasteiger partial charge in [-0.25, -0.2) is 4.79 Å². The molecule has 0 aliphatic carbocycles. The molecule has 0 spiro atoms. The zero-order valence-corrected chi connectivity index (χ0v) is 18.4. The predicted octanol–water partition coefficient (Wildman–Crippen LogP) is 2.74. The number of hydrogen-bond donors (Lipinski definition) is 4. The van der Waals surface area contributed by atoms with E-state index in [2.05, 4.69) is 16.0 Å². The summed E-state index contributed by atoms with van der Waals surface area (Å²) in [5.41, 5.74) is 1.08. The number of alkyl carbamates (subject to hydrolysis) is 1. The van der Waals surface area contributed by atoms with Gasteiger partial charge in [0.15, 0.2) is 0 Å². The molecule has 0 aromatic heterocycles. The largest absolute Gasteiger partial charge is 0.444 e. The maximum Gasteiger partial charge on any atom is 0.408 e. The molecule has 0 bridgehead atoms. The monoisotopic (exact) mass is 427 g/mol. The fraction of sp³-hybridized carbons (Fsp3) is 0.550. The normalized spacial score (nSPS) is 12.3. The highest BCUT2D eigenvalue weighted by molar-refractivity contribution is 6.31. The van der Waals surface area contributed by atoms with Gasteiger partial charge in [0.1, 0.15) is 11.6 Å². The van der Waals surface area contributed by atoms with E-state index in [1.807, 2.05) is 0 Å². The third kappa shape index (κ3) is 8.29. The third-order valence-electron chi connectivity index (χ3n) is 3.88. The molecule has 29 heavy (non-hydrogen) atoms. The summed E-state index contributed by atoms with van der Waals surface area (Å²) in [5.74, 6) is -1.15. The van der Waals surface area contributed by atoms with Gasteiger partial charge >= 0.3 is 6.09 Å². The molecule has 3 amide bonds. The van der Waals surface area contributed by atoms with Crippen LogP contribution in [0.2, 0.25) is 5.02 Å². The van der Waals surface area contributed by atoms with Crippen molar-refractivity contribution < 1.29 is 24.2 Å². The molecule has 1 aromatic carbocycles. The van der Waals surface area contributed by atoms with E-state index in [0.717, 1.165) is 5.56 Å². The van der Waals surface area contributed by atoms with E-state index < -0.39 is 29.6 Å². The fourth-order valence-corrected chi connectivity index (χ4v) is 2.66. The first-order chi connectivity index (χ1) is 13.3. The van der Waals surface area contributed by atoms with Crippen LogP contribution in [0.1, 0.15) is 45.7 Å². The van der Waals surface area contributed by atoms with E-state index in [9.17, 15) is 19.5 Å². The van der Waals surface area contributed by atoms with Crippen LogP contribution in [0.25, 0.3) is 0 Å². The number of hydrogen-bond acceptors (Lipinski definition) is 5. The first-order valence-corrected chi connectivity index (χ1v) is 9.68. The number of aliphatic hydroxyl groups is 1. The number of anilines is 1. The molecule has 0 saturated carbocycles. The van der Waals surface area contributed by atoms with Gasteiger partial charge in [0, 0.05) is 10.7 Å². The van der Waals surface area contributed by atoms with Crippen molar-refractivity contribution in [1.82, 2.24) is 10.6 Å². The van der Waals surface area contributed by atoms with E-state index in [1.165, 1.54) is 0 Å². The van der Waals surface area contributed by atoms with Crippen molar-refractivity contribution in [2.24, 2.45) is 5.92 Å². The topological polar surface area (TPSA) is 117 Å². The summed E-state index contributed by atoms with van der Waals surface area (Å²) >= 11 is 6.05. The third-order valence-corrected chi connectivity index (χ3v) is 4.23. The van der Waals surface area contributed by atoms with Crippen LogP contribution in [0.15, 0.2) is 12.1 Å². The Morgan fingerprint density at radius 1 is 1.21 bits per heavy atom. The second-order valence-electron chi connectivity index (χ2n) is 8.05. The number of nitrogens with one attached hydrogen (secondary N) is 3. The highest BCUT2D eigenvalue weighted by Gasteiger charge is 2.27. The SMILES string of the molecule is Cc1cc(CO)c(Cl)cc1NC(=O)CNC(=O)C(NC(=O)OC(C)(C)C)C(C)C. The van der Waals surface area contributed by atoms with Crippen molar-refractivity contribution in [3.8, 4) is 0 Å². The van der Waals surface area contributed by atoms with Crippen LogP contribution in [0.4, 0.5) is 10.5 Å². The maximum atomic E-state index is 12.4. The van der Waals surface area contributed by atoms with Crippen molar-refractivity contribution in [1.29, 1.82) is 0 Å². The number of ether oxygens (including phenoxy) is 1. The fourth-order valence-electron chi connectivity index (χ4n) is 2.44. The molecule has 0 fully saturated rings. The Hall–Kier alpha value is -2.32. The Kier molecular flexibility index (Phi) is 8.91. The van der Waals surface area contributed by atoms with Gasteiger partial charge in [-0.15, -0.1) is 0 Å². The Labute approximate surface area is 176 Å². The number of carbonyl (C=O) groups is 3. The van der Waals surface area contributed by atoms with Crippen molar-refractivity contribution in [2.45, 2.75) is 59.8 Å². The lowest BCUT2D eigenvalue weighted by molar-refractivity contribution is -0.126. The van der Waals surface area contributed by atoms with E-state index >= 15 is 0 Å². The van der Waals surface area contributed by atoms with Crippen LogP contribution in [-0.4, -0.2) is 41.2 Å². The molecule has 9 heteroatoms. The lowest BCUT2D eigenvalue weighted by Gasteiger charge is -2.25. The van der Waals surface area contributed by atoms with Gasteiger partial charge < -0.3 is 25.8 Å². The van der Waals surface area contributed by atoms with Gasteiger partial charge in [-0.05, 0) is 50.8 Å². The molecule has 0 saturated heterocycles. The summed E-state index contributed by atoms with van der Waals surface area (Å²) in [7, 11) is 0. The van der Waals surface area contributed by atoms with Crippen LogP contribution < -0.4 is 16.0 Å². The predicted molar refractivity (Wildman–Crippen MR) is 112 cm³/mol. The van der Waals surface area contributed by atoms with Crippen molar-refractivity contribution in [3.05, 3.63) is 28.3 Å². The van der Waals surface area contributed by atoms with Gasteiger partial charge in [-0.3, -0.25) is 9.59 Å². The van der Waals surface area contributed by atoms with Gasteiger partial charge in [0.05, 0.1) is 13.2 Å². The van der Waals surface area contributed by atoms with Crippen molar-refractivity contribution in [3.63, 3.8) is 0 Å². The summed E-state index contributed by atoms with van der Waals surface area (Å²) in [6.07, 6.45) is -0.704. The summed E-state index contributed by atoms with van der Waals surface area (Å²) < 4.78 is 5.18. The molecule has 0 aliphatic heterocycles. The summed E-state index contributed by atoms with van der Waals surface area (Å²) in [6.45, 7) is 10.0. The number of rotatable bonds is 7. The minimum absolute atomic E-state index is 0.203. The quantitative estimate of drug-likeness (QED) is 0.533. The van der Waals surface area contributed by atoms with E-state index in [-0.39, 0.29) is 19.1 Å². The van der Waals surface area contributed by atoms with Crippen LogP contribution in [0.3, 0.4) is 0 Å². The van der Waals surface area contributed by atoms with Crippen LogP contribution in [-0.2, 0) is 20.9 Å². The van der Waals surface area contributed by atoms with Gasteiger partial charge in [-0.1, -0.05) is 31.5 Å². The number of amides is 3. The molecule has 0 aliphatic rings. The molecule has 162 valence electrons. The highest BCUT2D eigenvalue weighted by atomic mass is 35.5. The molecule has 1 unspecified atom stereocenters. The zero-order valence-electron chi connectivity index (χ0n) is 17.7. The Morgan fingerprint density at radius 2 is 1.83 bits per heavy atom. The highest BCUT2D eigenvalue weighted by Crippen LogP contribution is 2.25. The molecule has 1 atom stereocenters. The number of benzene rings is 1. The summed E-state index contributed by atoms with van der Waals surface area (Å²) in [6, 6.07) is 2.37. The average Bonchev–Trinajstić information content (AvgIpc) is 2.58. The average molecular weight is 428 g/mol. The molecule has 0 radical (unpaired) electrons. The Bertz CT molecular complexity index is 759. The second kappa shape index (κ2) is 10.5. The Morgan fingerprint density at radius 3 is 2.34 bits per heavy atom. The molecule has 1 rings (SSSR count). The van der Waals surface area contributed by atoms with E-state index in [4.69, 9.17) is 16.3 Å². The minimum Gasteiger partial charge on any atom is -0.444 e. The number of aryl methyl sites for hydroxylation is 1. The molecule has 4 N–H and O–H groups in total. The molecular formula is C20H30ClN3O5. The smallest absolute Gasteiger partial charge is 0.408 e. The van der Waals surface area contributed by atoms with Gasteiger partial charge in [-0.2, -0.15) is 0 Å². The molecular weight excluding hydrogens is 398 g/mol. The lowest BCUT2D eigenvalue weighted by Crippen LogP contribution is -2.52. The van der Waals surface area contributed by atoms with E-state index in [1.54, 1.807) is 53.7 Å². The Balaban J connectivity index is 2.68. The van der Waals surface area contributed by atoms with E-state index in [0.29, 0.717) is 16.3 Å². The minimum atomic E-state index is -0.849. The first kappa shape index (κ1) is 24.7. The summed E-state index contributed by atoms with van der Waals surface area (Å²) in [5, 5.41) is 17.3. The van der Waals surface area contributed by atoms with Crippen molar-refractivity contribution >= 4 is 35.2 Å². The van der Waals surface area contributed by atoms with Crippen molar-refractivity contribution in [2.75, 3.05) is 11.9 Å². The van der Waals surface area contributed by atoms with Gasteiger partial charge in [0.2, 0.25) is 11.8 Å². The first-order valence-electron chi connectivity index (χ1n) is 9.31. The summed E-state index contributed by atoms with van der Waals surface area (Å²) in [4.78, 5) is 36.6. The van der Waals surface area contributed by atoms with Crippen LogP contribution in [0.5, 0.6) is 0 Å². The molecule has 8 nitrogen and oxygen atoms in total. The number of carbonyl (C=O) groups excluding carboxylic acids is 3. The van der Waals surface area contributed by atoms with Crippen LogP contribution >= 0.6 is 11.6 Å². The number of aliphatic hydroxyl groups excluding tert-OH is 1.